The van der Waals surface area contributed by atoms with E-state index in [2.05, 4.69) is 34.8 Å². The number of nitrogens with two attached hydrogens (primary N) is 1. The van der Waals surface area contributed by atoms with E-state index in [9.17, 15) is 4.79 Å². The zero-order valence-electron chi connectivity index (χ0n) is 11.4. The summed E-state index contributed by atoms with van der Waals surface area (Å²) in [5.74, 6) is 5.47. The zero-order chi connectivity index (χ0) is 13.9. The summed E-state index contributed by atoms with van der Waals surface area (Å²) in [4.78, 5) is 12.0. The quantitative estimate of drug-likeness (QED) is 0.567. The number of nitrogens with zero attached hydrogens (tertiary/aromatic N) is 2. The fourth-order valence-electron chi connectivity index (χ4n) is 2.33. The Labute approximate surface area is 113 Å². The van der Waals surface area contributed by atoms with Crippen LogP contribution in [0.15, 0.2) is 12.1 Å². The number of hydrogen-bond acceptors (Lipinski definition) is 5. The predicted molar refractivity (Wildman–Crippen MR) is 73.3 cm³/mol. The molecule has 0 atom stereocenters. The maximum atomic E-state index is 12.0. The largest absolute Gasteiger partial charge is 0.348 e. The van der Waals surface area contributed by atoms with Crippen LogP contribution in [0, 0.1) is 5.41 Å². The minimum Gasteiger partial charge on any atom is -0.348 e. The molecule has 1 saturated carbocycles. The first-order valence-corrected chi connectivity index (χ1v) is 6.61. The first kappa shape index (κ1) is 13.7. The molecule has 0 saturated heterocycles. The summed E-state index contributed by atoms with van der Waals surface area (Å²) in [6.07, 6.45) is 4.32. The molecule has 0 bridgehead atoms. The topological polar surface area (TPSA) is 92.9 Å². The molecule has 0 unspecified atom stereocenters. The van der Waals surface area contributed by atoms with Gasteiger partial charge in [0.05, 0.1) is 0 Å². The summed E-state index contributed by atoms with van der Waals surface area (Å²) in [5.41, 5.74) is 3.10. The van der Waals surface area contributed by atoms with Crippen molar-refractivity contribution >= 4 is 11.7 Å². The fourth-order valence-corrected chi connectivity index (χ4v) is 2.33. The van der Waals surface area contributed by atoms with Gasteiger partial charge in [-0.2, -0.15) is 0 Å². The van der Waals surface area contributed by atoms with Crippen LogP contribution in [-0.2, 0) is 0 Å². The van der Waals surface area contributed by atoms with Crippen LogP contribution < -0.4 is 16.6 Å². The summed E-state index contributed by atoms with van der Waals surface area (Å²) in [5, 5.41) is 10.6. The van der Waals surface area contributed by atoms with Gasteiger partial charge >= 0.3 is 0 Å². The molecule has 0 aromatic carbocycles. The van der Waals surface area contributed by atoms with Crippen molar-refractivity contribution in [3.05, 3.63) is 17.8 Å². The van der Waals surface area contributed by atoms with Crippen molar-refractivity contribution in [2.24, 2.45) is 11.3 Å². The Balaban J connectivity index is 1.90. The van der Waals surface area contributed by atoms with E-state index in [1.54, 1.807) is 12.1 Å². The molecule has 1 aliphatic rings. The van der Waals surface area contributed by atoms with Crippen LogP contribution in [0.4, 0.5) is 5.82 Å². The van der Waals surface area contributed by atoms with Gasteiger partial charge < -0.3 is 10.7 Å². The number of amides is 1. The molecule has 1 fully saturated rings. The number of nitrogen functional groups attached to an aromatic ring is 1. The molecule has 1 aliphatic carbocycles. The molecule has 0 aliphatic heterocycles. The van der Waals surface area contributed by atoms with Crippen molar-refractivity contribution in [3.8, 4) is 0 Å². The van der Waals surface area contributed by atoms with Crippen LogP contribution in [0.5, 0.6) is 0 Å². The second-order valence-corrected chi connectivity index (χ2v) is 5.86. The molecule has 0 spiro atoms. The Hall–Kier alpha value is -1.69. The minimum atomic E-state index is -0.166. The van der Waals surface area contributed by atoms with Gasteiger partial charge in [0.2, 0.25) is 0 Å². The first-order valence-electron chi connectivity index (χ1n) is 6.61. The lowest BCUT2D eigenvalue weighted by atomic mass is 9.75. The van der Waals surface area contributed by atoms with Gasteiger partial charge in [-0.05, 0) is 43.2 Å². The van der Waals surface area contributed by atoms with E-state index in [1.807, 2.05) is 0 Å². The van der Waals surface area contributed by atoms with Gasteiger partial charge in [0.1, 0.15) is 0 Å². The van der Waals surface area contributed by atoms with Crippen LogP contribution in [-0.4, -0.2) is 22.1 Å². The molecule has 6 nitrogen and oxygen atoms in total. The third-order valence-corrected chi connectivity index (χ3v) is 3.72. The molecular formula is C13H21N5O. The van der Waals surface area contributed by atoms with Gasteiger partial charge in [-0.25, -0.2) is 5.84 Å². The van der Waals surface area contributed by atoms with Crippen molar-refractivity contribution < 1.29 is 4.79 Å². The second kappa shape index (κ2) is 5.52. The molecule has 19 heavy (non-hydrogen) atoms. The number of nitrogens with one attached hydrogen (secondary N) is 2. The highest BCUT2D eigenvalue weighted by molar-refractivity contribution is 5.92. The molecule has 0 radical (unpaired) electrons. The molecule has 1 aromatic rings. The predicted octanol–water partition coefficient (Wildman–Crippen LogP) is 1.46. The van der Waals surface area contributed by atoms with Crippen molar-refractivity contribution in [1.29, 1.82) is 0 Å². The van der Waals surface area contributed by atoms with Gasteiger partial charge in [0.25, 0.3) is 5.91 Å². The number of hydrazine groups is 1. The average Bonchev–Trinajstić information content (AvgIpc) is 2.41. The molecule has 1 amide bonds. The third-order valence-electron chi connectivity index (χ3n) is 3.72. The Morgan fingerprint density at radius 3 is 2.53 bits per heavy atom. The smallest absolute Gasteiger partial charge is 0.272 e. The number of carbonyl (C=O) groups is 1. The molecule has 104 valence electrons. The van der Waals surface area contributed by atoms with Gasteiger partial charge in [0, 0.05) is 6.04 Å². The van der Waals surface area contributed by atoms with Crippen molar-refractivity contribution in [2.75, 3.05) is 5.43 Å². The summed E-state index contributed by atoms with van der Waals surface area (Å²) in [6, 6.07) is 3.49. The SMILES string of the molecule is CC1(C)CCC(NC(=O)c2ccc(NN)nn2)CC1. The van der Waals surface area contributed by atoms with Crippen LogP contribution in [0.3, 0.4) is 0 Å². The van der Waals surface area contributed by atoms with Crippen molar-refractivity contribution in [3.63, 3.8) is 0 Å². The highest BCUT2D eigenvalue weighted by Gasteiger charge is 2.27. The van der Waals surface area contributed by atoms with Crippen molar-refractivity contribution in [2.45, 2.75) is 45.6 Å². The number of carbonyl (C=O) groups excluding carboxylic acids is 1. The van der Waals surface area contributed by atoms with E-state index in [0.29, 0.717) is 16.9 Å². The average molecular weight is 263 g/mol. The number of rotatable bonds is 3. The van der Waals surface area contributed by atoms with Crippen molar-refractivity contribution in [1.82, 2.24) is 15.5 Å². The van der Waals surface area contributed by atoms with E-state index >= 15 is 0 Å². The standard InChI is InChI=1S/C13H21N5O/c1-13(2)7-5-9(6-8-13)15-12(19)10-3-4-11(16-14)18-17-10/h3-4,9H,5-8,14H2,1-2H3,(H,15,19)(H,16,18). The monoisotopic (exact) mass is 263 g/mol. The molecule has 1 heterocycles. The van der Waals surface area contributed by atoms with Crippen LogP contribution in [0.2, 0.25) is 0 Å². The number of aromatic nitrogens is 2. The summed E-state index contributed by atoms with van der Waals surface area (Å²) >= 11 is 0. The maximum Gasteiger partial charge on any atom is 0.272 e. The lowest BCUT2D eigenvalue weighted by molar-refractivity contribution is 0.0903. The second-order valence-electron chi connectivity index (χ2n) is 5.86. The Morgan fingerprint density at radius 1 is 1.32 bits per heavy atom. The van der Waals surface area contributed by atoms with E-state index < -0.39 is 0 Å². The van der Waals surface area contributed by atoms with E-state index in [-0.39, 0.29) is 11.9 Å². The Morgan fingerprint density at radius 2 is 2.00 bits per heavy atom. The molecular weight excluding hydrogens is 242 g/mol. The number of hydrogen-bond donors (Lipinski definition) is 3. The normalized spacial score (nSPS) is 18.9. The lowest BCUT2D eigenvalue weighted by Gasteiger charge is -2.34. The summed E-state index contributed by atoms with van der Waals surface area (Å²) in [6.45, 7) is 4.55. The van der Waals surface area contributed by atoms with Crippen LogP contribution in [0.1, 0.15) is 50.0 Å². The highest BCUT2D eigenvalue weighted by atomic mass is 16.2. The molecule has 4 N–H and O–H groups in total. The molecule has 2 rings (SSSR count). The lowest BCUT2D eigenvalue weighted by Crippen LogP contribution is -2.39. The highest BCUT2D eigenvalue weighted by Crippen LogP contribution is 2.34. The molecule has 1 aromatic heterocycles. The van der Waals surface area contributed by atoms with Gasteiger partial charge in [-0.3, -0.25) is 4.79 Å². The zero-order valence-corrected chi connectivity index (χ0v) is 11.4. The summed E-state index contributed by atoms with van der Waals surface area (Å²) in [7, 11) is 0. The third kappa shape index (κ3) is 3.64. The maximum absolute atomic E-state index is 12.0. The fraction of sp³-hybridized carbons (Fsp3) is 0.615. The van der Waals surface area contributed by atoms with Crippen LogP contribution in [0.25, 0.3) is 0 Å². The van der Waals surface area contributed by atoms with E-state index in [4.69, 9.17) is 5.84 Å². The Kier molecular flexibility index (Phi) is 3.99. The minimum absolute atomic E-state index is 0.166. The van der Waals surface area contributed by atoms with E-state index in [1.165, 1.54) is 0 Å². The first-order chi connectivity index (χ1) is 9.00. The van der Waals surface area contributed by atoms with Crippen LogP contribution >= 0.6 is 0 Å². The van der Waals surface area contributed by atoms with Gasteiger partial charge in [-0.1, -0.05) is 13.8 Å². The molecule has 6 heteroatoms. The summed E-state index contributed by atoms with van der Waals surface area (Å²) < 4.78 is 0. The van der Waals surface area contributed by atoms with Gasteiger partial charge in [-0.15, -0.1) is 10.2 Å². The number of anilines is 1. The Bertz CT molecular complexity index is 433. The van der Waals surface area contributed by atoms with Gasteiger partial charge in [0.15, 0.2) is 11.5 Å². The van der Waals surface area contributed by atoms with E-state index in [0.717, 1.165) is 25.7 Å².